The molecule has 0 spiro atoms. The van der Waals surface area contributed by atoms with Crippen molar-refractivity contribution in [2.45, 2.75) is 19.8 Å². The van der Waals surface area contributed by atoms with Gasteiger partial charge in [-0.05, 0) is 19.1 Å². The average Bonchev–Trinajstić information content (AvgIpc) is 2.95. The largest absolute Gasteiger partial charge is 0.330 e. The highest BCUT2D eigenvalue weighted by Gasteiger charge is 2.20. The van der Waals surface area contributed by atoms with Crippen molar-refractivity contribution >= 4 is 11.3 Å². The number of nitro benzene ring substituents is 1. The van der Waals surface area contributed by atoms with Gasteiger partial charge >= 0.3 is 0 Å². The average molecular weight is 310 g/mol. The lowest BCUT2D eigenvalue weighted by Crippen LogP contribution is -2.12. The zero-order valence-corrected chi connectivity index (χ0v) is 13.1. The number of benzene rings is 1. The third-order valence-corrected chi connectivity index (χ3v) is 4.03. The minimum absolute atomic E-state index is 0.0580. The Labute approximate surface area is 133 Å². The zero-order chi connectivity index (χ0) is 16.6. The number of pyridine rings is 1. The molecule has 2 N–H and O–H groups in total. The molecule has 0 aliphatic carbocycles. The Hall–Kier alpha value is -2.73. The molecule has 1 aromatic carbocycles. The number of nitrogens with two attached hydrogens (primary N) is 1. The topological polar surface area (TPSA) is 86.5 Å². The van der Waals surface area contributed by atoms with Crippen molar-refractivity contribution in [1.29, 1.82) is 0 Å². The molecule has 0 aliphatic rings. The van der Waals surface area contributed by atoms with Crippen LogP contribution < -0.4 is 5.73 Å². The van der Waals surface area contributed by atoms with Crippen molar-refractivity contribution in [3.05, 3.63) is 64.0 Å². The molecule has 0 saturated heterocycles. The Kier molecular flexibility index (Phi) is 3.83. The molecule has 0 aliphatic heterocycles. The number of hydrogen-bond donors (Lipinski definition) is 1. The van der Waals surface area contributed by atoms with Crippen molar-refractivity contribution in [1.82, 2.24) is 9.38 Å². The highest BCUT2D eigenvalue weighted by molar-refractivity contribution is 5.69. The lowest BCUT2D eigenvalue weighted by Gasteiger charge is -2.13. The smallest absolute Gasteiger partial charge is 0.270 e. The molecule has 6 heteroatoms. The number of aromatic nitrogens is 2. The molecule has 0 radical (unpaired) electrons. The first-order valence-corrected chi connectivity index (χ1v) is 7.45. The summed E-state index contributed by atoms with van der Waals surface area (Å²) in [5, 5.41) is 11.0. The van der Waals surface area contributed by atoms with Crippen molar-refractivity contribution in [3.8, 4) is 11.3 Å². The number of hydrogen-bond acceptors (Lipinski definition) is 4. The van der Waals surface area contributed by atoms with E-state index in [-0.39, 0.29) is 11.6 Å². The maximum atomic E-state index is 11.0. The quantitative estimate of drug-likeness (QED) is 0.592. The lowest BCUT2D eigenvalue weighted by atomic mass is 10.0. The van der Waals surface area contributed by atoms with E-state index in [1.807, 2.05) is 38.1 Å². The van der Waals surface area contributed by atoms with E-state index in [1.165, 1.54) is 6.07 Å². The summed E-state index contributed by atoms with van der Waals surface area (Å²) in [4.78, 5) is 15.4. The first-order chi connectivity index (χ1) is 11.0. The minimum atomic E-state index is -0.392. The predicted molar refractivity (Wildman–Crippen MR) is 89.5 cm³/mol. The van der Waals surface area contributed by atoms with Gasteiger partial charge < -0.3 is 10.1 Å². The summed E-state index contributed by atoms with van der Waals surface area (Å²) in [6.07, 6.45) is 0. The second-order valence-electron chi connectivity index (χ2n) is 5.65. The lowest BCUT2D eigenvalue weighted by molar-refractivity contribution is -0.384. The van der Waals surface area contributed by atoms with Gasteiger partial charge in [-0.15, -0.1) is 0 Å². The third kappa shape index (κ3) is 2.57. The van der Waals surface area contributed by atoms with E-state index in [1.54, 1.807) is 12.1 Å². The Morgan fingerprint density at radius 2 is 2.04 bits per heavy atom. The highest BCUT2D eigenvalue weighted by Crippen LogP contribution is 2.32. The Morgan fingerprint density at radius 1 is 1.30 bits per heavy atom. The summed E-state index contributed by atoms with van der Waals surface area (Å²) in [6.45, 7) is 4.53. The van der Waals surface area contributed by atoms with Gasteiger partial charge in [0.25, 0.3) is 5.69 Å². The van der Waals surface area contributed by atoms with Crippen LogP contribution >= 0.6 is 0 Å². The fourth-order valence-corrected chi connectivity index (χ4v) is 2.83. The molecule has 0 fully saturated rings. The molecule has 6 nitrogen and oxygen atoms in total. The summed E-state index contributed by atoms with van der Waals surface area (Å²) in [6, 6.07) is 12.5. The van der Waals surface area contributed by atoms with Crippen LogP contribution in [0.4, 0.5) is 5.69 Å². The molecule has 0 saturated carbocycles. The van der Waals surface area contributed by atoms with Crippen molar-refractivity contribution < 1.29 is 4.92 Å². The van der Waals surface area contributed by atoms with E-state index >= 15 is 0 Å². The number of rotatable bonds is 4. The first-order valence-electron chi connectivity index (χ1n) is 7.45. The molecule has 23 heavy (non-hydrogen) atoms. The molecule has 0 amide bonds. The molecular formula is C17H18N4O2. The summed E-state index contributed by atoms with van der Waals surface area (Å²) >= 11 is 0. The maximum absolute atomic E-state index is 11.0. The second-order valence-corrected chi connectivity index (χ2v) is 5.65. The van der Waals surface area contributed by atoms with Crippen LogP contribution in [-0.4, -0.2) is 20.9 Å². The number of fused-ring (bicyclic) bond motifs is 1. The van der Waals surface area contributed by atoms with Gasteiger partial charge in [0.05, 0.1) is 16.3 Å². The minimum Gasteiger partial charge on any atom is -0.330 e. The van der Waals surface area contributed by atoms with Gasteiger partial charge in [0.15, 0.2) is 0 Å². The summed E-state index contributed by atoms with van der Waals surface area (Å²) in [7, 11) is 0. The van der Waals surface area contributed by atoms with E-state index in [9.17, 15) is 10.1 Å². The predicted octanol–water partition coefficient (Wildman–Crippen LogP) is 3.28. The van der Waals surface area contributed by atoms with Crippen molar-refractivity contribution in [2.24, 2.45) is 5.73 Å². The van der Waals surface area contributed by atoms with Gasteiger partial charge in [0.2, 0.25) is 0 Å². The van der Waals surface area contributed by atoms with E-state index in [0.717, 1.165) is 28.3 Å². The van der Waals surface area contributed by atoms with Crippen molar-refractivity contribution in [2.75, 3.05) is 6.54 Å². The van der Waals surface area contributed by atoms with Crippen LogP contribution in [0.25, 0.3) is 16.9 Å². The SMILES string of the molecule is Cc1cccc2nc(-c3cccc([N+](=O)[O-])c3)c(C(C)CN)n12. The van der Waals surface area contributed by atoms with E-state index in [0.29, 0.717) is 6.54 Å². The van der Waals surface area contributed by atoms with Gasteiger partial charge in [-0.2, -0.15) is 0 Å². The fourth-order valence-electron chi connectivity index (χ4n) is 2.83. The maximum Gasteiger partial charge on any atom is 0.270 e. The number of imidazole rings is 1. The number of nitro groups is 1. The van der Waals surface area contributed by atoms with Crippen LogP contribution in [0.1, 0.15) is 24.2 Å². The molecule has 1 atom stereocenters. The molecule has 118 valence electrons. The number of nitrogens with zero attached hydrogens (tertiary/aromatic N) is 3. The van der Waals surface area contributed by atoms with Crippen LogP contribution in [0.2, 0.25) is 0 Å². The van der Waals surface area contributed by atoms with Crippen LogP contribution in [0.5, 0.6) is 0 Å². The summed E-state index contributed by atoms with van der Waals surface area (Å²) in [5.74, 6) is 0.0837. The standard InChI is InChI=1S/C17H18N4O2/c1-11(10-18)17-16(13-6-4-7-14(9-13)21(22)23)19-15-8-3-5-12(2)20(15)17/h3-9,11H,10,18H2,1-2H3. The third-order valence-electron chi connectivity index (χ3n) is 4.03. The molecular weight excluding hydrogens is 292 g/mol. The second kappa shape index (κ2) is 5.81. The summed E-state index contributed by atoms with van der Waals surface area (Å²) in [5.41, 5.74) is 10.3. The monoisotopic (exact) mass is 310 g/mol. The van der Waals surface area contributed by atoms with Gasteiger partial charge in [-0.25, -0.2) is 4.98 Å². The van der Waals surface area contributed by atoms with Gasteiger partial charge in [-0.1, -0.05) is 25.1 Å². The molecule has 2 aromatic heterocycles. The first kappa shape index (κ1) is 15.2. The van der Waals surface area contributed by atoms with E-state index < -0.39 is 4.92 Å². The van der Waals surface area contributed by atoms with Crippen LogP contribution in [0.15, 0.2) is 42.5 Å². The van der Waals surface area contributed by atoms with Gasteiger partial charge in [0.1, 0.15) is 5.65 Å². The van der Waals surface area contributed by atoms with E-state index in [4.69, 9.17) is 10.7 Å². The molecule has 0 bridgehead atoms. The van der Waals surface area contributed by atoms with Crippen LogP contribution in [-0.2, 0) is 0 Å². The Bertz CT molecular complexity index is 885. The Balaban J connectivity index is 2.31. The van der Waals surface area contributed by atoms with E-state index in [2.05, 4.69) is 4.40 Å². The molecule has 3 rings (SSSR count). The molecule has 3 aromatic rings. The molecule has 1 unspecified atom stereocenters. The zero-order valence-electron chi connectivity index (χ0n) is 13.1. The van der Waals surface area contributed by atoms with Crippen LogP contribution in [0, 0.1) is 17.0 Å². The summed E-state index contributed by atoms with van der Waals surface area (Å²) < 4.78 is 2.08. The normalized spacial score (nSPS) is 12.5. The number of non-ortho nitro benzene ring substituents is 1. The molecule has 2 heterocycles. The fraction of sp³-hybridized carbons (Fsp3) is 0.235. The highest BCUT2D eigenvalue weighted by atomic mass is 16.6. The van der Waals surface area contributed by atoms with Gasteiger partial charge in [0, 0.05) is 35.9 Å². The van der Waals surface area contributed by atoms with Crippen LogP contribution in [0.3, 0.4) is 0 Å². The number of aryl methyl sites for hydroxylation is 1. The Morgan fingerprint density at radius 3 is 2.74 bits per heavy atom. The van der Waals surface area contributed by atoms with Gasteiger partial charge in [-0.3, -0.25) is 10.1 Å². The van der Waals surface area contributed by atoms with Crippen molar-refractivity contribution in [3.63, 3.8) is 0 Å².